The first kappa shape index (κ1) is 17.2. The zero-order valence-corrected chi connectivity index (χ0v) is 14.8. The summed E-state index contributed by atoms with van der Waals surface area (Å²) in [7, 11) is 0. The molecule has 124 valence electrons. The fourth-order valence-electron chi connectivity index (χ4n) is 4.48. The average molecular weight is 296 g/mol. The van der Waals surface area contributed by atoms with Gasteiger partial charge >= 0.3 is 0 Å². The highest BCUT2D eigenvalue weighted by Gasteiger charge is 2.39. The van der Waals surface area contributed by atoms with E-state index in [1.807, 2.05) is 0 Å². The molecule has 3 nitrogen and oxygen atoms in total. The summed E-state index contributed by atoms with van der Waals surface area (Å²) < 4.78 is 0. The summed E-state index contributed by atoms with van der Waals surface area (Å²) in [5.74, 6) is 0.839. The Morgan fingerprint density at radius 1 is 1.05 bits per heavy atom. The Bertz CT molecular complexity index is 295. The van der Waals surface area contributed by atoms with Crippen molar-refractivity contribution in [3.63, 3.8) is 0 Å². The molecule has 0 bridgehead atoms. The van der Waals surface area contributed by atoms with Crippen molar-refractivity contribution in [3.8, 4) is 0 Å². The van der Waals surface area contributed by atoms with Crippen LogP contribution in [0.3, 0.4) is 0 Å². The van der Waals surface area contributed by atoms with Crippen molar-refractivity contribution < 1.29 is 0 Å². The summed E-state index contributed by atoms with van der Waals surface area (Å²) in [6.45, 7) is 18.3. The first-order valence-corrected chi connectivity index (χ1v) is 9.25. The largest absolute Gasteiger partial charge is 0.313 e. The van der Waals surface area contributed by atoms with E-state index in [1.54, 1.807) is 0 Å². The third-order valence-electron chi connectivity index (χ3n) is 5.63. The molecular formula is C18H37N3. The molecule has 1 saturated heterocycles. The summed E-state index contributed by atoms with van der Waals surface area (Å²) in [6, 6.07) is 0.699. The molecule has 0 spiro atoms. The summed E-state index contributed by atoms with van der Waals surface area (Å²) in [5, 5.41) is 3.81. The van der Waals surface area contributed by atoms with Gasteiger partial charge in [0.15, 0.2) is 0 Å². The molecule has 0 aromatic carbocycles. The molecule has 2 aliphatic rings. The molecule has 1 heterocycles. The fraction of sp³-hybridized carbons (Fsp3) is 1.00. The van der Waals surface area contributed by atoms with Crippen LogP contribution in [0.25, 0.3) is 0 Å². The lowest BCUT2D eigenvalue weighted by Crippen LogP contribution is -2.55. The molecule has 1 aliphatic carbocycles. The maximum absolute atomic E-state index is 3.81. The lowest BCUT2D eigenvalue weighted by atomic mass is 9.67. The third kappa shape index (κ3) is 4.67. The van der Waals surface area contributed by atoms with Gasteiger partial charge in [0.05, 0.1) is 0 Å². The molecule has 2 fully saturated rings. The number of hydrogen-bond donors (Lipinski definition) is 1. The number of piperazine rings is 1. The Morgan fingerprint density at radius 3 is 2.33 bits per heavy atom. The van der Waals surface area contributed by atoms with E-state index in [-0.39, 0.29) is 0 Å². The van der Waals surface area contributed by atoms with E-state index in [4.69, 9.17) is 0 Å². The number of nitrogens with zero attached hydrogens (tertiary/aromatic N) is 2. The van der Waals surface area contributed by atoms with Crippen LogP contribution in [0.5, 0.6) is 0 Å². The first-order chi connectivity index (χ1) is 10.1. The standard InChI is InChI=1S/C18H37N3/c1-5-10-20-11-13-21(14-12-20)15-16-8-7-9-18(3,4)17(16)19-6-2/h16-17,19H,5-15H2,1-4H3. The van der Waals surface area contributed by atoms with E-state index in [1.165, 1.54) is 65.0 Å². The van der Waals surface area contributed by atoms with Crippen LogP contribution >= 0.6 is 0 Å². The van der Waals surface area contributed by atoms with E-state index in [0.29, 0.717) is 11.5 Å². The highest BCUT2D eigenvalue weighted by Crippen LogP contribution is 2.39. The summed E-state index contributed by atoms with van der Waals surface area (Å²) >= 11 is 0. The molecule has 0 aromatic heterocycles. The Labute approximate surface area is 132 Å². The van der Waals surface area contributed by atoms with Gasteiger partial charge in [0.25, 0.3) is 0 Å². The summed E-state index contributed by atoms with van der Waals surface area (Å²) in [4.78, 5) is 5.35. The Kier molecular flexibility index (Phi) is 6.51. The first-order valence-electron chi connectivity index (χ1n) is 9.25. The molecule has 1 saturated carbocycles. The smallest absolute Gasteiger partial charge is 0.0159 e. The normalized spacial score (nSPS) is 31.4. The molecule has 1 aliphatic heterocycles. The van der Waals surface area contributed by atoms with E-state index in [9.17, 15) is 0 Å². The molecule has 0 radical (unpaired) electrons. The Hall–Kier alpha value is -0.120. The van der Waals surface area contributed by atoms with Crippen LogP contribution in [0.1, 0.15) is 53.4 Å². The van der Waals surface area contributed by atoms with Crippen LogP contribution in [0.2, 0.25) is 0 Å². The molecule has 1 N–H and O–H groups in total. The molecule has 2 atom stereocenters. The molecule has 0 amide bonds. The highest BCUT2D eigenvalue weighted by atomic mass is 15.3. The lowest BCUT2D eigenvalue weighted by molar-refractivity contribution is 0.0581. The van der Waals surface area contributed by atoms with Gasteiger partial charge in [-0.15, -0.1) is 0 Å². The molecule has 0 aromatic rings. The predicted molar refractivity (Wildman–Crippen MR) is 91.8 cm³/mol. The molecule has 3 heteroatoms. The second-order valence-electron chi connectivity index (χ2n) is 7.82. The van der Waals surface area contributed by atoms with Gasteiger partial charge in [-0.25, -0.2) is 0 Å². The van der Waals surface area contributed by atoms with Crippen molar-refractivity contribution in [1.82, 2.24) is 15.1 Å². The lowest BCUT2D eigenvalue weighted by Gasteiger charge is -2.47. The monoisotopic (exact) mass is 295 g/mol. The highest BCUT2D eigenvalue weighted by molar-refractivity contribution is 4.94. The number of nitrogens with one attached hydrogen (secondary N) is 1. The number of rotatable bonds is 6. The van der Waals surface area contributed by atoms with E-state index >= 15 is 0 Å². The topological polar surface area (TPSA) is 18.5 Å². The zero-order chi connectivity index (χ0) is 15.3. The Balaban J connectivity index is 1.86. The van der Waals surface area contributed by atoms with Gasteiger partial charge in [0.1, 0.15) is 0 Å². The van der Waals surface area contributed by atoms with Crippen LogP contribution in [0, 0.1) is 11.3 Å². The van der Waals surface area contributed by atoms with Crippen LogP contribution in [0.15, 0.2) is 0 Å². The van der Waals surface area contributed by atoms with Gasteiger partial charge in [-0.05, 0) is 43.7 Å². The average Bonchev–Trinajstić information content (AvgIpc) is 2.45. The zero-order valence-electron chi connectivity index (χ0n) is 14.8. The van der Waals surface area contributed by atoms with Crippen molar-refractivity contribution in [2.45, 2.75) is 59.4 Å². The fourth-order valence-corrected chi connectivity index (χ4v) is 4.48. The molecule has 21 heavy (non-hydrogen) atoms. The van der Waals surface area contributed by atoms with Gasteiger partial charge in [-0.2, -0.15) is 0 Å². The van der Waals surface area contributed by atoms with E-state index in [0.717, 1.165) is 12.5 Å². The van der Waals surface area contributed by atoms with Crippen LogP contribution in [-0.4, -0.2) is 61.7 Å². The van der Waals surface area contributed by atoms with Gasteiger partial charge in [-0.3, -0.25) is 0 Å². The SMILES string of the molecule is CCCN1CCN(CC2CCCC(C)(C)C2NCC)CC1. The summed E-state index contributed by atoms with van der Waals surface area (Å²) in [5.41, 5.74) is 0.461. The van der Waals surface area contributed by atoms with Crippen LogP contribution in [-0.2, 0) is 0 Å². The van der Waals surface area contributed by atoms with E-state index in [2.05, 4.69) is 42.8 Å². The van der Waals surface area contributed by atoms with Crippen molar-refractivity contribution >= 4 is 0 Å². The maximum Gasteiger partial charge on any atom is 0.0159 e. The van der Waals surface area contributed by atoms with Crippen molar-refractivity contribution in [2.24, 2.45) is 11.3 Å². The minimum atomic E-state index is 0.461. The second-order valence-corrected chi connectivity index (χ2v) is 7.82. The third-order valence-corrected chi connectivity index (χ3v) is 5.63. The minimum absolute atomic E-state index is 0.461. The van der Waals surface area contributed by atoms with Crippen LogP contribution in [0.4, 0.5) is 0 Å². The van der Waals surface area contributed by atoms with Crippen molar-refractivity contribution in [3.05, 3.63) is 0 Å². The molecule has 2 unspecified atom stereocenters. The van der Waals surface area contributed by atoms with Gasteiger partial charge < -0.3 is 15.1 Å². The minimum Gasteiger partial charge on any atom is -0.313 e. The summed E-state index contributed by atoms with van der Waals surface area (Å²) in [6.07, 6.45) is 5.50. The predicted octanol–water partition coefficient (Wildman–Crippen LogP) is 2.82. The number of hydrogen-bond acceptors (Lipinski definition) is 3. The van der Waals surface area contributed by atoms with Gasteiger partial charge in [0, 0.05) is 38.8 Å². The second kappa shape index (κ2) is 7.94. The van der Waals surface area contributed by atoms with Crippen LogP contribution < -0.4 is 5.32 Å². The van der Waals surface area contributed by atoms with Gasteiger partial charge in [0.2, 0.25) is 0 Å². The van der Waals surface area contributed by atoms with Crippen molar-refractivity contribution in [1.29, 1.82) is 0 Å². The van der Waals surface area contributed by atoms with Crippen molar-refractivity contribution in [2.75, 3.05) is 45.8 Å². The molecular weight excluding hydrogens is 258 g/mol. The Morgan fingerprint density at radius 2 is 1.71 bits per heavy atom. The quantitative estimate of drug-likeness (QED) is 0.813. The maximum atomic E-state index is 3.81. The molecule has 2 rings (SSSR count). The van der Waals surface area contributed by atoms with Gasteiger partial charge in [-0.1, -0.05) is 34.1 Å². The van der Waals surface area contributed by atoms with E-state index < -0.39 is 0 Å².